The fourth-order valence-electron chi connectivity index (χ4n) is 17.1. The fourth-order valence-corrected chi connectivity index (χ4v) is 19.7. The van der Waals surface area contributed by atoms with Crippen molar-refractivity contribution in [2.45, 2.75) is 298 Å². The first-order valence-electron chi connectivity index (χ1n) is 57.4. The zero-order valence-corrected chi connectivity index (χ0v) is 81.9. The molecule has 20 rings (SSSR count). The number of nitrogens with one attached hydrogen (secondary N) is 4. The van der Waals surface area contributed by atoms with Gasteiger partial charge in [0.2, 0.25) is 0 Å². The van der Waals surface area contributed by atoms with E-state index in [1.807, 2.05) is 20.8 Å². The maximum Gasteiger partial charge on any atom is 0.191 e. The molecule has 48 heteroatoms. The predicted octanol–water partition coefficient (Wildman–Crippen LogP) is 8.73. The van der Waals surface area contributed by atoms with Crippen LogP contribution in [0.5, 0.6) is 0 Å². The summed E-state index contributed by atoms with van der Waals surface area (Å²) in [6.07, 6.45) is -21.9. The number of anilines is 4. The van der Waals surface area contributed by atoms with Crippen molar-refractivity contribution in [2.75, 3.05) is 96.9 Å². The summed E-state index contributed by atoms with van der Waals surface area (Å²) in [5.74, 6) is -6.23. The van der Waals surface area contributed by atoms with Gasteiger partial charge in [-0.05, 0) is 148 Å². The van der Waals surface area contributed by atoms with Crippen LogP contribution < -0.4 is 21.3 Å². The Hall–Kier alpha value is -9.52. The van der Waals surface area contributed by atoms with Gasteiger partial charge in [-0.15, -0.1) is 20.4 Å². The van der Waals surface area contributed by atoms with Gasteiger partial charge in [0, 0.05) is 116 Å². The molecule has 16 N–H and O–H groups in total. The highest BCUT2D eigenvalue weighted by Gasteiger charge is 2.51. The van der Waals surface area contributed by atoms with Gasteiger partial charge in [-0.3, -0.25) is 0 Å². The summed E-state index contributed by atoms with van der Waals surface area (Å²) in [5, 5.41) is 168. The van der Waals surface area contributed by atoms with Crippen molar-refractivity contribution < 1.29 is 128 Å². The van der Waals surface area contributed by atoms with E-state index in [-0.39, 0.29) is 135 Å². The lowest BCUT2D eigenvalue weighted by atomic mass is 10.1. The van der Waals surface area contributed by atoms with Crippen molar-refractivity contribution in [3.05, 3.63) is 141 Å². The average Bonchev–Trinajstić information content (AvgIpc) is 1.51. The van der Waals surface area contributed by atoms with E-state index in [0.29, 0.717) is 72.3 Å². The normalized spacial score (nSPS) is 33.6. The molecule has 40 nitrogen and oxygen atoms in total. The molecule has 8 aliphatic carbocycles. The number of hydrogen-bond acceptors (Lipinski definition) is 40. The Morgan fingerprint density at radius 3 is 0.958 bits per heavy atom. The van der Waals surface area contributed by atoms with Gasteiger partial charge in [0.25, 0.3) is 0 Å². The minimum Gasteiger partial charge on any atom is -0.394 e. The Kier molecular flexibility index (Phi) is 26.5. The number of rotatable bonds is 40. The first-order chi connectivity index (χ1) is 77.5. The van der Waals surface area contributed by atoms with Crippen LogP contribution in [0.4, 0.5) is 40.8 Å². The number of aliphatic hydroxyl groups excluding tert-OH is 10. The molecule has 0 aliphatic heterocycles. The van der Waals surface area contributed by atoms with Gasteiger partial charge in [-0.1, -0.05) is 144 Å². The Labute approximate surface area is 874 Å². The van der Waals surface area contributed by atoms with Crippen molar-refractivity contribution in [1.82, 2.24) is 99.8 Å². The predicted molar refractivity (Wildman–Crippen MR) is 530 cm³/mol. The summed E-state index contributed by atoms with van der Waals surface area (Å²) >= 11 is 4.42. The third-order valence-electron chi connectivity index (χ3n) is 25.1. The van der Waals surface area contributed by atoms with Gasteiger partial charge in [0.05, 0.1) is 112 Å². The Balaban J connectivity index is 0.000000148. The third kappa shape index (κ3) is 23.8. The smallest absolute Gasteiger partial charge is 0.191 e. The quantitative estimate of drug-likeness (QED) is 0.00969. The SMILES string of the molecule is [2H]C([2H])(C)C([2H])([2H])Sc1nc(N[C@@H]2C[C@@]2([2H])c2ccc(C)c(F)c2)c2nnn([C@@H]3C[C@H](OC([2H])([2H])C([2H])([2H])O)[C@@H](O)[C@H]3O)c2n1.[2H]C([2H])(CO)O[C@H]1C[C@@H](n2nnc3c(N[C@@H]4C([2H])([2H])[C@@]4([2H])c4ccc(C)c(F)c4)nc(SCCC)nc32)[C@H](O)[C@@H]1O.[2H]C([2H])(O)CO[C@H]1C[C@@H](n2nnc3c(N[C@@H]4C([2H])([2H])[C@@]4([2H])c4ccc(C)c(F)c4)nc(SCCC)nc32)[C@H](O)[C@@H]1O.[2H]C1([2H])[C@@H](Nc2nc(SCCC)nc3c2nnn3[C@@H]2C[C@H](OCCO)[C@@H](O)[C@H]2O)[C@]1([2H])c1ccc(C)c(F)c1. The monoisotopic (exact) mass is 2090 g/mol. The second-order valence-corrected chi connectivity index (χ2v) is 39.0. The molecule has 8 fully saturated rings. The third-order valence-corrected chi connectivity index (χ3v) is 28.9. The van der Waals surface area contributed by atoms with Crippen LogP contribution in [0.15, 0.2) is 93.4 Å². The number of halogens is 4. The van der Waals surface area contributed by atoms with E-state index in [0.717, 1.165) is 30.9 Å². The minimum atomic E-state index is -3.43. The Morgan fingerprint density at radius 2 is 0.667 bits per heavy atom. The van der Waals surface area contributed by atoms with Gasteiger partial charge in [0.15, 0.2) is 88.6 Å². The van der Waals surface area contributed by atoms with Crippen molar-refractivity contribution in [2.24, 2.45) is 0 Å². The number of benzene rings is 4. The summed E-state index contributed by atoms with van der Waals surface area (Å²) in [6, 6.07) is 9.65. The Morgan fingerprint density at radius 1 is 0.368 bits per heavy atom. The van der Waals surface area contributed by atoms with Crippen LogP contribution in [0.3, 0.4) is 0 Å². The molecule has 8 aliphatic rings. The van der Waals surface area contributed by atoms with E-state index in [1.165, 1.54) is 104 Å². The number of hydrogen-bond donors (Lipinski definition) is 16. The van der Waals surface area contributed by atoms with E-state index in [9.17, 15) is 73.7 Å². The molecule has 0 amide bonds. The number of aryl methyl sites for hydroxylation is 4. The second-order valence-electron chi connectivity index (χ2n) is 35.0. The summed E-state index contributed by atoms with van der Waals surface area (Å²) in [7, 11) is 0. The summed E-state index contributed by atoms with van der Waals surface area (Å²) in [4.78, 5) is 35.9. The molecule has 144 heavy (non-hydrogen) atoms. The largest absolute Gasteiger partial charge is 0.394 e. The fraction of sp³-hybridized carbons (Fsp3) is 0.583. The maximum atomic E-state index is 14.3. The van der Waals surface area contributed by atoms with Crippen molar-refractivity contribution >= 4 is 115 Å². The molecule has 0 unspecified atom stereocenters. The molecule has 8 aromatic heterocycles. The highest BCUT2D eigenvalue weighted by Crippen LogP contribution is 2.50. The molecule has 0 saturated heterocycles. The van der Waals surface area contributed by atoms with Gasteiger partial charge in [0.1, 0.15) is 72.1 Å². The van der Waals surface area contributed by atoms with E-state index < -0.39 is 239 Å². The van der Waals surface area contributed by atoms with Crippen LogP contribution in [-0.4, -0.2) is 334 Å². The van der Waals surface area contributed by atoms with Gasteiger partial charge in [-0.2, -0.15) is 0 Å². The highest BCUT2D eigenvalue weighted by atomic mass is 32.2. The molecule has 0 spiro atoms. The van der Waals surface area contributed by atoms with Crippen LogP contribution in [0.25, 0.3) is 44.7 Å². The van der Waals surface area contributed by atoms with Crippen molar-refractivity contribution in [1.29, 1.82) is 0 Å². The molecule has 776 valence electrons. The van der Waals surface area contributed by atoms with E-state index >= 15 is 0 Å². The molecule has 24 atom stereocenters. The van der Waals surface area contributed by atoms with Crippen LogP contribution in [0.2, 0.25) is 0 Å². The van der Waals surface area contributed by atoms with E-state index in [4.69, 9.17) is 54.2 Å². The highest BCUT2D eigenvalue weighted by molar-refractivity contribution is 7.99. The molecule has 4 aromatic carbocycles. The van der Waals surface area contributed by atoms with Gasteiger partial charge >= 0.3 is 0 Å². The summed E-state index contributed by atoms with van der Waals surface area (Å²) < 4.78 is 262. The van der Waals surface area contributed by atoms with Crippen LogP contribution >= 0.6 is 47.0 Å². The van der Waals surface area contributed by atoms with Crippen LogP contribution in [0.1, 0.15) is 227 Å². The van der Waals surface area contributed by atoms with Gasteiger partial charge in [-0.25, -0.2) is 76.2 Å². The zero-order valence-electron chi connectivity index (χ0n) is 101. The second kappa shape index (κ2) is 47.3. The molecule has 8 heterocycles. The standard InChI is InChI=1S/4C24H31FN6O4S/c4*1-3-8-36-24-27-22(26-16-10-14(16)13-5-4-12(2)15(25)9-13)19-23(28-24)31(30-29-19)17-11-18(35-7-6-32)21(34)20(17)33/h4*4-5,9,14,16-18,20-21,32-34H,3,6-8,10-11H2,1-2H3,(H,26,27,28)/t4*14-,16+,17+,18-,20-,21+/m0000/s1/i3D2,6D2,7D2,8D2,14D;7D2,10D2,14D;6D2,10D2,14D;10D2,14D. The average molecular weight is 2100 g/mol. The molecule has 0 bridgehead atoms. The number of fused-ring (bicyclic) bond motifs is 4. The van der Waals surface area contributed by atoms with Crippen LogP contribution in [-0.2, 0) is 18.9 Å². The lowest BCUT2D eigenvalue weighted by molar-refractivity contribution is -0.0629. The molecule has 12 aromatic rings. The topological polar surface area (TPSA) is 554 Å². The Bertz CT molecular complexity index is 7610. The number of ether oxygens (including phenoxy) is 4. The number of thioether (sulfide) groups is 4. The summed E-state index contributed by atoms with van der Waals surface area (Å²) in [5.41, 5.74) is 1.08. The number of aromatic nitrogens is 20. The minimum absolute atomic E-state index is 0.00133. The van der Waals surface area contributed by atoms with E-state index in [2.05, 4.69) is 102 Å². The van der Waals surface area contributed by atoms with Gasteiger partial charge < -0.3 is 101 Å². The molecule has 8 saturated carbocycles. The van der Waals surface area contributed by atoms with Crippen LogP contribution in [0, 0.1) is 51.0 Å². The maximum absolute atomic E-state index is 14.3. The lowest BCUT2D eigenvalue weighted by Crippen LogP contribution is -2.33. The van der Waals surface area contributed by atoms with E-state index in [1.54, 1.807) is 45.9 Å². The first kappa shape index (κ1) is 80.5. The number of aliphatic hydroxyl groups is 12. The van der Waals surface area contributed by atoms with Crippen molar-refractivity contribution in [3.8, 4) is 0 Å². The lowest BCUT2D eigenvalue weighted by Gasteiger charge is -2.17. The molecular weight excluding hydrogens is 1950 g/mol. The summed E-state index contributed by atoms with van der Waals surface area (Å²) in [6.45, 7) is -0.199. The molecular formula is C96H124F4N24O16S4. The number of nitrogens with zero attached hydrogens (tertiary/aromatic N) is 20. The molecule has 0 radical (unpaired) electrons. The zero-order chi connectivity index (χ0) is 121. The first-order valence-corrected chi connectivity index (χ1v) is 50.2. The van der Waals surface area contributed by atoms with Crippen molar-refractivity contribution in [3.63, 3.8) is 0 Å².